The van der Waals surface area contributed by atoms with Crippen molar-refractivity contribution in [2.45, 2.75) is 13.3 Å². The number of hydrogen-bond acceptors (Lipinski definition) is 4. The van der Waals surface area contributed by atoms with Crippen molar-refractivity contribution in [2.75, 3.05) is 32.7 Å². The number of nitrogens with zero attached hydrogens (tertiary/aromatic N) is 1. The molecule has 0 aromatic heterocycles. The van der Waals surface area contributed by atoms with Gasteiger partial charge in [0.25, 0.3) is 0 Å². The van der Waals surface area contributed by atoms with Gasteiger partial charge in [0.2, 0.25) is 5.96 Å². The number of nitrogens with two attached hydrogens (primary N) is 1. The zero-order valence-electron chi connectivity index (χ0n) is 12.0. The molecule has 0 atom stereocenters. The first kappa shape index (κ1) is 16.6. The maximum Gasteiger partial charge on any atom is 0.210 e. The van der Waals surface area contributed by atoms with E-state index in [1.165, 1.54) is 0 Å². The lowest BCUT2D eigenvalue weighted by Gasteiger charge is -2.14. The number of ether oxygens (including phenoxy) is 2. The van der Waals surface area contributed by atoms with Gasteiger partial charge in [0.15, 0.2) is 0 Å². The third-order valence-electron chi connectivity index (χ3n) is 2.65. The molecule has 1 rings (SSSR count). The van der Waals surface area contributed by atoms with Crippen molar-refractivity contribution in [1.82, 2.24) is 5.43 Å². The van der Waals surface area contributed by atoms with Crippen LogP contribution in [0, 0.1) is 6.92 Å². The number of hydrazine groups is 1. The van der Waals surface area contributed by atoms with Gasteiger partial charge in [-0.15, -0.1) is 0 Å². The molecular formula is C13H21ClN4O2. The Bertz CT molecular complexity index is 466. The Morgan fingerprint density at radius 3 is 2.75 bits per heavy atom. The van der Waals surface area contributed by atoms with Gasteiger partial charge in [-0.2, -0.15) is 0 Å². The maximum absolute atomic E-state index is 6.06. The summed E-state index contributed by atoms with van der Waals surface area (Å²) in [7, 11) is 3.24. The quantitative estimate of drug-likeness (QED) is 0.246. The Morgan fingerprint density at radius 2 is 2.15 bits per heavy atom. The molecule has 20 heavy (non-hydrogen) atoms. The number of aryl methyl sites for hydroxylation is 1. The minimum Gasteiger partial charge on any atom is -0.495 e. The van der Waals surface area contributed by atoms with Crippen LogP contribution in [0.5, 0.6) is 5.75 Å². The van der Waals surface area contributed by atoms with E-state index in [1.54, 1.807) is 20.3 Å². The number of halogens is 1. The standard InChI is InChI=1S/C13H21ClN4O2/c1-9-7-11(12(20-3)8-10(9)14)17-13(18-15)16-5-4-6-19-2/h7-8H,4-6,15H2,1-3H3,(H2,16,17,18). The summed E-state index contributed by atoms with van der Waals surface area (Å²) < 4.78 is 10.2. The van der Waals surface area contributed by atoms with E-state index in [2.05, 4.69) is 15.7 Å². The number of nitrogens with one attached hydrogen (secondary N) is 2. The van der Waals surface area contributed by atoms with Gasteiger partial charge in [-0.1, -0.05) is 11.6 Å². The Kier molecular flexibility index (Phi) is 7.14. The lowest BCUT2D eigenvalue weighted by molar-refractivity contribution is 0.197. The van der Waals surface area contributed by atoms with Crippen LogP contribution in [-0.2, 0) is 4.74 Å². The monoisotopic (exact) mass is 300 g/mol. The number of guanidine groups is 1. The molecule has 0 amide bonds. The fourth-order valence-corrected chi connectivity index (χ4v) is 1.73. The van der Waals surface area contributed by atoms with E-state index in [-0.39, 0.29) is 0 Å². The third-order valence-corrected chi connectivity index (χ3v) is 3.05. The molecule has 0 radical (unpaired) electrons. The predicted octanol–water partition coefficient (Wildman–Crippen LogP) is 1.92. The highest BCUT2D eigenvalue weighted by Crippen LogP contribution is 2.30. The molecule has 4 N–H and O–H groups in total. The van der Waals surface area contributed by atoms with Crippen LogP contribution in [0.3, 0.4) is 0 Å². The second-order valence-corrected chi connectivity index (χ2v) is 4.55. The molecule has 0 unspecified atom stereocenters. The minimum absolute atomic E-state index is 0.459. The second-order valence-electron chi connectivity index (χ2n) is 4.15. The summed E-state index contributed by atoms with van der Waals surface area (Å²) >= 11 is 6.06. The molecule has 0 aliphatic carbocycles. The Morgan fingerprint density at radius 1 is 1.40 bits per heavy atom. The van der Waals surface area contributed by atoms with Crippen molar-refractivity contribution in [3.05, 3.63) is 22.7 Å². The molecule has 0 aliphatic rings. The second kappa shape index (κ2) is 8.63. The van der Waals surface area contributed by atoms with Gasteiger partial charge < -0.3 is 14.8 Å². The SMILES string of the molecule is COCCCN=C(NN)Nc1cc(C)c(Cl)cc1OC. The number of rotatable bonds is 6. The topological polar surface area (TPSA) is 80.9 Å². The summed E-state index contributed by atoms with van der Waals surface area (Å²) in [5.41, 5.74) is 4.21. The third kappa shape index (κ3) is 4.88. The van der Waals surface area contributed by atoms with Gasteiger partial charge in [-0.25, -0.2) is 5.84 Å². The van der Waals surface area contributed by atoms with Crippen LogP contribution in [0.1, 0.15) is 12.0 Å². The average molecular weight is 301 g/mol. The molecule has 6 nitrogen and oxygen atoms in total. The lowest BCUT2D eigenvalue weighted by atomic mass is 10.2. The smallest absolute Gasteiger partial charge is 0.210 e. The van der Waals surface area contributed by atoms with Crippen LogP contribution in [0.2, 0.25) is 5.02 Å². The highest BCUT2D eigenvalue weighted by atomic mass is 35.5. The van der Waals surface area contributed by atoms with Crippen LogP contribution in [0.4, 0.5) is 5.69 Å². The molecule has 112 valence electrons. The van der Waals surface area contributed by atoms with E-state index in [9.17, 15) is 0 Å². The number of aliphatic imine (C=N–C) groups is 1. The van der Waals surface area contributed by atoms with E-state index >= 15 is 0 Å². The Hall–Kier alpha value is -1.50. The minimum atomic E-state index is 0.459. The first-order valence-corrected chi connectivity index (χ1v) is 6.61. The molecule has 0 bridgehead atoms. The van der Waals surface area contributed by atoms with Crippen LogP contribution >= 0.6 is 11.6 Å². The number of anilines is 1. The fourth-order valence-electron chi connectivity index (χ4n) is 1.58. The largest absolute Gasteiger partial charge is 0.495 e. The molecule has 1 aromatic rings. The van der Waals surface area contributed by atoms with Gasteiger partial charge in [-0.3, -0.25) is 10.4 Å². The molecular weight excluding hydrogens is 280 g/mol. The number of benzene rings is 1. The molecule has 0 aliphatic heterocycles. The number of hydrogen-bond donors (Lipinski definition) is 3. The zero-order chi connectivity index (χ0) is 15.0. The van der Waals surface area contributed by atoms with Gasteiger partial charge in [0.05, 0.1) is 12.8 Å². The highest BCUT2D eigenvalue weighted by molar-refractivity contribution is 6.31. The van der Waals surface area contributed by atoms with Crippen molar-refractivity contribution < 1.29 is 9.47 Å². The lowest BCUT2D eigenvalue weighted by Crippen LogP contribution is -2.36. The molecule has 0 spiro atoms. The molecule has 0 saturated carbocycles. The van der Waals surface area contributed by atoms with Gasteiger partial charge in [0.1, 0.15) is 5.75 Å². The number of methoxy groups -OCH3 is 2. The van der Waals surface area contributed by atoms with Crippen LogP contribution in [-0.4, -0.2) is 33.3 Å². The molecule has 0 heterocycles. The van der Waals surface area contributed by atoms with E-state index in [0.717, 1.165) is 17.7 Å². The summed E-state index contributed by atoms with van der Waals surface area (Å²) in [6, 6.07) is 3.63. The summed E-state index contributed by atoms with van der Waals surface area (Å²) in [6.07, 6.45) is 0.820. The highest BCUT2D eigenvalue weighted by Gasteiger charge is 2.08. The van der Waals surface area contributed by atoms with E-state index in [0.29, 0.717) is 29.9 Å². The first-order chi connectivity index (χ1) is 9.62. The molecule has 7 heteroatoms. The van der Waals surface area contributed by atoms with Crippen LogP contribution < -0.4 is 21.3 Å². The molecule has 0 saturated heterocycles. The Balaban J connectivity index is 2.81. The first-order valence-electron chi connectivity index (χ1n) is 6.23. The van der Waals surface area contributed by atoms with E-state index in [4.69, 9.17) is 26.9 Å². The van der Waals surface area contributed by atoms with E-state index in [1.807, 2.05) is 13.0 Å². The van der Waals surface area contributed by atoms with Crippen LogP contribution in [0.25, 0.3) is 0 Å². The summed E-state index contributed by atoms with van der Waals surface area (Å²) in [5, 5.41) is 3.73. The summed E-state index contributed by atoms with van der Waals surface area (Å²) in [4.78, 5) is 4.30. The van der Waals surface area contributed by atoms with Gasteiger partial charge in [-0.05, 0) is 25.0 Å². The van der Waals surface area contributed by atoms with E-state index < -0.39 is 0 Å². The fraction of sp³-hybridized carbons (Fsp3) is 0.462. The summed E-state index contributed by atoms with van der Waals surface area (Å²) in [6.45, 7) is 3.18. The van der Waals surface area contributed by atoms with Crippen molar-refractivity contribution in [3.63, 3.8) is 0 Å². The van der Waals surface area contributed by atoms with Gasteiger partial charge >= 0.3 is 0 Å². The normalized spacial score (nSPS) is 11.3. The maximum atomic E-state index is 6.06. The van der Waals surface area contributed by atoms with Gasteiger partial charge in [0, 0.05) is 31.4 Å². The van der Waals surface area contributed by atoms with Crippen molar-refractivity contribution in [1.29, 1.82) is 0 Å². The van der Waals surface area contributed by atoms with Crippen molar-refractivity contribution >= 4 is 23.2 Å². The van der Waals surface area contributed by atoms with Crippen molar-refractivity contribution in [3.8, 4) is 5.75 Å². The predicted molar refractivity (Wildman–Crippen MR) is 82.5 cm³/mol. The zero-order valence-corrected chi connectivity index (χ0v) is 12.8. The molecule has 1 aromatic carbocycles. The van der Waals surface area contributed by atoms with Crippen LogP contribution in [0.15, 0.2) is 17.1 Å². The Labute approximate surface area is 124 Å². The average Bonchev–Trinajstić information content (AvgIpc) is 2.45. The van der Waals surface area contributed by atoms with Crippen molar-refractivity contribution in [2.24, 2.45) is 10.8 Å². The summed E-state index contributed by atoms with van der Waals surface area (Å²) in [5.74, 6) is 6.54. The molecule has 0 fully saturated rings.